The summed E-state index contributed by atoms with van der Waals surface area (Å²) in [6.07, 6.45) is 1.37. The molecule has 10 heteroatoms. The quantitative estimate of drug-likeness (QED) is 0.460. The van der Waals surface area contributed by atoms with Crippen LogP contribution in [-0.4, -0.2) is 50.3 Å². The first-order valence-corrected chi connectivity index (χ1v) is 8.83. The van der Waals surface area contributed by atoms with Crippen LogP contribution < -0.4 is 21.7 Å². The van der Waals surface area contributed by atoms with Gasteiger partial charge in [-0.1, -0.05) is 0 Å². The number of amides is 1. The van der Waals surface area contributed by atoms with Gasteiger partial charge in [0.25, 0.3) is 5.91 Å². The van der Waals surface area contributed by atoms with E-state index in [0.717, 1.165) is 0 Å². The van der Waals surface area contributed by atoms with E-state index in [4.69, 9.17) is 5.73 Å². The number of nitrogens with one attached hydrogen (secondary N) is 3. The van der Waals surface area contributed by atoms with Gasteiger partial charge in [0.05, 0.1) is 17.8 Å². The van der Waals surface area contributed by atoms with E-state index in [-0.39, 0.29) is 29.9 Å². The molecule has 0 aliphatic heterocycles. The number of hydrogen-bond donors (Lipinski definition) is 5. The van der Waals surface area contributed by atoms with Gasteiger partial charge in [0.2, 0.25) is 5.95 Å². The van der Waals surface area contributed by atoms with E-state index in [1.165, 1.54) is 26.2 Å². The van der Waals surface area contributed by atoms with Crippen molar-refractivity contribution in [2.75, 3.05) is 22.9 Å². The maximum atomic E-state index is 14.0. The van der Waals surface area contributed by atoms with Crippen molar-refractivity contribution in [3.05, 3.63) is 30.1 Å². The monoisotopic (exact) mass is 391 g/mol. The number of aliphatic hydroxyl groups is 1. The molecule has 0 aliphatic rings. The fourth-order valence-electron chi connectivity index (χ4n) is 2.30. The normalized spacial score (nSPS) is 12.5. The van der Waals surface area contributed by atoms with Gasteiger partial charge in [-0.05, 0) is 39.8 Å². The van der Waals surface area contributed by atoms with E-state index in [1.54, 1.807) is 12.1 Å². The van der Waals surface area contributed by atoms with Crippen LogP contribution in [0.2, 0.25) is 0 Å². The van der Waals surface area contributed by atoms with Gasteiger partial charge < -0.3 is 26.8 Å². The lowest BCUT2D eigenvalue weighted by Crippen LogP contribution is -2.42. The van der Waals surface area contributed by atoms with Crippen molar-refractivity contribution in [3.63, 3.8) is 0 Å². The lowest BCUT2D eigenvalue weighted by atomic mass is 10.0. The molecule has 1 atom stereocenters. The molecule has 2 heterocycles. The minimum Gasteiger partial charge on any atom is -0.387 e. The van der Waals surface area contributed by atoms with Crippen LogP contribution in [0.1, 0.15) is 38.1 Å². The van der Waals surface area contributed by atoms with Crippen LogP contribution in [0.5, 0.6) is 0 Å². The van der Waals surface area contributed by atoms with Gasteiger partial charge in [0, 0.05) is 18.4 Å². The third-order valence-corrected chi connectivity index (χ3v) is 3.75. The lowest BCUT2D eigenvalue weighted by molar-refractivity contribution is -0.00177. The van der Waals surface area contributed by atoms with Crippen molar-refractivity contribution in [1.82, 2.24) is 20.3 Å². The molecule has 0 bridgehead atoms. The second-order valence-corrected chi connectivity index (χ2v) is 7.14. The smallest absolute Gasteiger partial charge is 0.257 e. The first-order valence-electron chi connectivity index (χ1n) is 8.83. The van der Waals surface area contributed by atoms with Crippen LogP contribution in [0.4, 0.5) is 27.7 Å². The largest absolute Gasteiger partial charge is 0.387 e. The molecule has 1 unspecified atom stereocenters. The summed E-state index contributed by atoms with van der Waals surface area (Å²) >= 11 is 0. The highest BCUT2D eigenvalue weighted by Gasteiger charge is 2.28. The second kappa shape index (κ2) is 8.79. The zero-order chi connectivity index (χ0) is 20.9. The highest BCUT2D eigenvalue weighted by molar-refractivity contribution is 6.04. The number of nitrogens with two attached hydrogens (primary N) is 1. The Morgan fingerprint density at radius 2 is 1.96 bits per heavy atom. The number of aromatic nitrogens is 3. The number of anilines is 4. The molecular formula is C18H26FN7O2. The molecule has 0 fully saturated rings. The molecule has 0 saturated heterocycles. The summed E-state index contributed by atoms with van der Waals surface area (Å²) in [4.78, 5) is 24.9. The average Bonchev–Trinajstić information content (AvgIpc) is 2.58. The van der Waals surface area contributed by atoms with Crippen molar-refractivity contribution in [2.24, 2.45) is 0 Å². The van der Waals surface area contributed by atoms with Gasteiger partial charge in [-0.3, -0.25) is 4.79 Å². The van der Waals surface area contributed by atoms with Crippen LogP contribution >= 0.6 is 0 Å². The SMILES string of the molecule is CC(C)Nc1ccnc(Nc2ccnc(N)n2)c1C(=O)NCC(F)C(C)(C)O. The minimum atomic E-state index is -1.63. The maximum absolute atomic E-state index is 14.0. The predicted molar refractivity (Wildman–Crippen MR) is 106 cm³/mol. The van der Waals surface area contributed by atoms with Gasteiger partial charge >= 0.3 is 0 Å². The van der Waals surface area contributed by atoms with E-state index in [0.29, 0.717) is 11.5 Å². The Balaban J connectivity index is 2.33. The zero-order valence-corrected chi connectivity index (χ0v) is 16.3. The van der Waals surface area contributed by atoms with Crippen molar-refractivity contribution in [3.8, 4) is 0 Å². The number of pyridine rings is 1. The highest BCUT2D eigenvalue weighted by Crippen LogP contribution is 2.25. The molecule has 28 heavy (non-hydrogen) atoms. The van der Waals surface area contributed by atoms with E-state index in [2.05, 4.69) is 30.9 Å². The number of carbonyl (C=O) groups excluding carboxylic acids is 1. The lowest BCUT2D eigenvalue weighted by Gasteiger charge is -2.23. The maximum Gasteiger partial charge on any atom is 0.257 e. The molecule has 6 N–H and O–H groups in total. The van der Waals surface area contributed by atoms with E-state index >= 15 is 0 Å². The number of rotatable bonds is 8. The molecule has 0 radical (unpaired) electrons. The molecule has 9 nitrogen and oxygen atoms in total. The molecule has 2 aromatic rings. The second-order valence-electron chi connectivity index (χ2n) is 7.14. The van der Waals surface area contributed by atoms with E-state index < -0.39 is 17.7 Å². The minimum absolute atomic E-state index is 0.0433. The van der Waals surface area contributed by atoms with Gasteiger partial charge in [-0.25, -0.2) is 14.4 Å². The van der Waals surface area contributed by atoms with E-state index in [9.17, 15) is 14.3 Å². The Bertz CT molecular complexity index is 824. The summed E-state index contributed by atoms with van der Waals surface area (Å²) in [5, 5.41) is 18.3. The number of halogens is 1. The van der Waals surface area contributed by atoms with Gasteiger partial charge in [0.15, 0.2) is 0 Å². The third-order valence-electron chi connectivity index (χ3n) is 3.75. The van der Waals surface area contributed by atoms with Crippen molar-refractivity contribution >= 4 is 29.2 Å². The Kier molecular flexibility index (Phi) is 6.68. The average molecular weight is 391 g/mol. The van der Waals surface area contributed by atoms with Crippen molar-refractivity contribution in [1.29, 1.82) is 0 Å². The molecule has 0 spiro atoms. The van der Waals surface area contributed by atoms with Crippen LogP contribution in [0.25, 0.3) is 0 Å². The standard InChI is InChI=1S/C18H26FN7O2/c1-10(2)24-11-5-7-21-15(25-13-6-8-22-17(20)26-13)14(11)16(27)23-9-12(19)18(3,4)28/h5-8,10,12,28H,9H2,1-4H3,(H,23,27)(H4,20,21,22,24,25,26). The highest BCUT2D eigenvalue weighted by atomic mass is 19.1. The molecule has 152 valence electrons. The fourth-order valence-corrected chi connectivity index (χ4v) is 2.30. The summed E-state index contributed by atoms with van der Waals surface area (Å²) in [6, 6.07) is 3.27. The van der Waals surface area contributed by atoms with E-state index in [1.807, 2.05) is 13.8 Å². The third kappa shape index (κ3) is 5.74. The molecule has 2 rings (SSSR count). The number of alkyl halides is 1. The number of nitrogens with zero attached hydrogens (tertiary/aromatic N) is 3. The zero-order valence-electron chi connectivity index (χ0n) is 16.3. The Labute approximate surface area is 163 Å². The summed E-state index contributed by atoms with van der Waals surface area (Å²) in [7, 11) is 0. The number of hydrogen-bond acceptors (Lipinski definition) is 8. The summed E-state index contributed by atoms with van der Waals surface area (Å²) in [5.41, 5.74) is 4.73. The first kappa shape index (κ1) is 21.3. The predicted octanol–water partition coefficient (Wildman–Crippen LogP) is 1.86. The molecule has 0 aromatic carbocycles. The Morgan fingerprint density at radius 3 is 2.57 bits per heavy atom. The number of carbonyl (C=O) groups is 1. The number of nitrogen functional groups attached to an aromatic ring is 1. The molecular weight excluding hydrogens is 365 g/mol. The summed E-state index contributed by atoms with van der Waals surface area (Å²) in [5.74, 6) is 0.0983. The van der Waals surface area contributed by atoms with Gasteiger partial charge in [-0.2, -0.15) is 4.98 Å². The molecule has 1 amide bonds. The van der Waals surface area contributed by atoms with Crippen LogP contribution in [-0.2, 0) is 0 Å². The van der Waals surface area contributed by atoms with Gasteiger partial charge in [-0.15, -0.1) is 0 Å². The Hall–Kier alpha value is -3.01. The molecule has 2 aromatic heterocycles. The Morgan fingerprint density at radius 1 is 1.29 bits per heavy atom. The van der Waals surface area contributed by atoms with Crippen LogP contribution in [0.15, 0.2) is 24.5 Å². The fraction of sp³-hybridized carbons (Fsp3) is 0.444. The first-order chi connectivity index (χ1) is 13.1. The van der Waals surface area contributed by atoms with Crippen molar-refractivity contribution < 1.29 is 14.3 Å². The van der Waals surface area contributed by atoms with Crippen LogP contribution in [0, 0.1) is 0 Å². The topological polar surface area (TPSA) is 138 Å². The van der Waals surface area contributed by atoms with Crippen molar-refractivity contribution in [2.45, 2.75) is 45.5 Å². The molecule has 0 saturated carbocycles. The summed E-state index contributed by atoms with van der Waals surface area (Å²) in [6.45, 7) is 6.18. The summed E-state index contributed by atoms with van der Waals surface area (Å²) < 4.78 is 14.0. The van der Waals surface area contributed by atoms with Crippen LogP contribution in [0.3, 0.4) is 0 Å². The molecule has 0 aliphatic carbocycles. The van der Waals surface area contributed by atoms with Gasteiger partial charge in [0.1, 0.15) is 23.4 Å².